The Morgan fingerprint density at radius 2 is 1.91 bits per heavy atom. The van der Waals surface area contributed by atoms with Crippen LogP contribution in [0.25, 0.3) is 0 Å². The van der Waals surface area contributed by atoms with Crippen LogP contribution >= 0.6 is 0 Å². The molecule has 0 radical (unpaired) electrons. The first-order valence-electron chi connectivity index (χ1n) is 6.35. The van der Waals surface area contributed by atoms with Crippen molar-refractivity contribution in [2.45, 2.75) is 12.3 Å². The van der Waals surface area contributed by atoms with Gasteiger partial charge in [0.1, 0.15) is 0 Å². The Hall–Kier alpha value is -2.59. The van der Waals surface area contributed by atoms with E-state index in [4.69, 9.17) is 5.26 Å². The van der Waals surface area contributed by atoms with Gasteiger partial charge in [-0.05, 0) is 35.9 Å². The van der Waals surface area contributed by atoms with Crippen molar-refractivity contribution in [2.24, 2.45) is 0 Å². The minimum absolute atomic E-state index is 0.0975. The molecule has 1 heterocycles. The molecule has 0 spiro atoms. The summed E-state index contributed by atoms with van der Waals surface area (Å²) in [5.74, 6) is 0. The first-order chi connectivity index (χ1) is 10.4. The second kappa shape index (κ2) is 6.45. The number of rotatable bonds is 4. The summed E-state index contributed by atoms with van der Waals surface area (Å²) in [6.07, 6.45) is -2.34. The number of aliphatic hydroxyl groups is 1. The number of hydrogen-bond donors (Lipinski definition) is 2. The van der Waals surface area contributed by atoms with Gasteiger partial charge in [0.05, 0.1) is 23.3 Å². The monoisotopic (exact) mass is 307 g/mol. The number of nitrogens with one attached hydrogen (secondary N) is 1. The minimum atomic E-state index is -4.57. The molecule has 1 atom stereocenters. The zero-order valence-corrected chi connectivity index (χ0v) is 11.3. The summed E-state index contributed by atoms with van der Waals surface area (Å²) in [7, 11) is 0. The summed E-state index contributed by atoms with van der Waals surface area (Å²) in [4.78, 5) is 3.83. The van der Waals surface area contributed by atoms with Crippen LogP contribution in [0.1, 0.15) is 22.8 Å². The molecule has 0 fully saturated rings. The fourth-order valence-electron chi connectivity index (χ4n) is 1.91. The van der Waals surface area contributed by atoms with Crippen LogP contribution in [0.4, 0.5) is 18.9 Å². The van der Waals surface area contributed by atoms with Gasteiger partial charge in [-0.25, -0.2) is 0 Å². The van der Waals surface area contributed by atoms with Gasteiger partial charge in [-0.2, -0.15) is 18.4 Å². The smallest absolute Gasteiger partial charge is 0.387 e. The molecule has 2 aromatic rings. The number of nitriles is 1. The first-order valence-corrected chi connectivity index (χ1v) is 6.35. The van der Waals surface area contributed by atoms with Gasteiger partial charge in [-0.1, -0.05) is 0 Å². The van der Waals surface area contributed by atoms with E-state index < -0.39 is 23.4 Å². The quantitative estimate of drug-likeness (QED) is 0.910. The third-order valence-corrected chi connectivity index (χ3v) is 3.04. The molecule has 0 aliphatic rings. The molecule has 1 aromatic heterocycles. The first kappa shape index (κ1) is 15.8. The molecule has 0 unspecified atom stereocenters. The van der Waals surface area contributed by atoms with Gasteiger partial charge in [-0.3, -0.25) is 4.98 Å². The standard InChI is InChI=1S/C15H12F3N3O/c16-15(17,18)13-2-1-12(7-11(13)8-19)21-9-14(22)10-3-5-20-6-4-10/h1-7,14,21-22H,9H2/t14-/m1/s1. The van der Waals surface area contributed by atoms with Gasteiger partial charge in [-0.15, -0.1) is 0 Å². The van der Waals surface area contributed by atoms with Gasteiger partial charge < -0.3 is 10.4 Å². The van der Waals surface area contributed by atoms with Crippen LogP contribution in [0.3, 0.4) is 0 Å². The molecule has 1 aromatic carbocycles. The van der Waals surface area contributed by atoms with Crippen molar-refractivity contribution in [3.63, 3.8) is 0 Å². The number of pyridine rings is 1. The van der Waals surface area contributed by atoms with Crippen LogP contribution < -0.4 is 5.32 Å². The van der Waals surface area contributed by atoms with E-state index in [-0.39, 0.29) is 6.54 Å². The molecule has 0 bridgehead atoms. The Balaban J connectivity index is 2.10. The highest BCUT2D eigenvalue weighted by atomic mass is 19.4. The fourth-order valence-corrected chi connectivity index (χ4v) is 1.91. The Bertz CT molecular complexity index is 681. The highest BCUT2D eigenvalue weighted by Crippen LogP contribution is 2.33. The number of halogens is 3. The average Bonchev–Trinajstić information content (AvgIpc) is 2.52. The van der Waals surface area contributed by atoms with Crippen molar-refractivity contribution < 1.29 is 18.3 Å². The fraction of sp³-hybridized carbons (Fsp3) is 0.200. The minimum Gasteiger partial charge on any atom is -0.387 e. The van der Waals surface area contributed by atoms with Gasteiger partial charge in [0, 0.05) is 24.6 Å². The van der Waals surface area contributed by atoms with E-state index in [1.807, 2.05) is 0 Å². The molecule has 0 saturated heterocycles. The number of aromatic nitrogens is 1. The predicted octanol–water partition coefficient (Wildman–Crippen LogP) is 3.12. The van der Waals surface area contributed by atoms with E-state index in [0.717, 1.165) is 12.1 Å². The predicted molar refractivity (Wildman–Crippen MR) is 73.8 cm³/mol. The maximum absolute atomic E-state index is 12.7. The summed E-state index contributed by atoms with van der Waals surface area (Å²) in [6, 6.07) is 7.99. The molecule has 0 amide bonds. The Morgan fingerprint density at radius 1 is 1.23 bits per heavy atom. The lowest BCUT2D eigenvalue weighted by atomic mass is 10.1. The van der Waals surface area contributed by atoms with Crippen LogP contribution in [0.2, 0.25) is 0 Å². The molecule has 114 valence electrons. The van der Waals surface area contributed by atoms with E-state index in [9.17, 15) is 18.3 Å². The second-order valence-electron chi connectivity index (χ2n) is 4.55. The van der Waals surface area contributed by atoms with Crippen LogP contribution in [-0.4, -0.2) is 16.6 Å². The van der Waals surface area contributed by atoms with Gasteiger partial charge in [0.15, 0.2) is 0 Å². The molecule has 2 N–H and O–H groups in total. The van der Waals surface area contributed by atoms with Crippen molar-refractivity contribution in [3.05, 3.63) is 59.4 Å². The highest BCUT2D eigenvalue weighted by molar-refractivity contribution is 5.53. The van der Waals surface area contributed by atoms with E-state index in [1.165, 1.54) is 24.5 Å². The molecule has 0 aliphatic carbocycles. The molecule has 0 saturated carbocycles. The molecular weight excluding hydrogens is 295 g/mol. The maximum atomic E-state index is 12.7. The van der Waals surface area contributed by atoms with Crippen molar-refractivity contribution in [1.29, 1.82) is 5.26 Å². The van der Waals surface area contributed by atoms with Crippen LogP contribution in [0.15, 0.2) is 42.7 Å². The van der Waals surface area contributed by atoms with Crippen molar-refractivity contribution in [2.75, 3.05) is 11.9 Å². The molecule has 7 heteroatoms. The summed E-state index contributed by atoms with van der Waals surface area (Å²) in [5.41, 5.74) is -0.473. The van der Waals surface area contributed by atoms with Crippen LogP contribution in [0.5, 0.6) is 0 Å². The van der Waals surface area contributed by atoms with E-state index in [0.29, 0.717) is 11.3 Å². The lowest BCUT2D eigenvalue weighted by molar-refractivity contribution is -0.137. The second-order valence-corrected chi connectivity index (χ2v) is 4.55. The molecule has 22 heavy (non-hydrogen) atoms. The van der Waals surface area contributed by atoms with E-state index in [1.54, 1.807) is 12.1 Å². The molecule has 2 rings (SSSR count). The van der Waals surface area contributed by atoms with Crippen LogP contribution in [0, 0.1) is 11.3 Å². The van der Waals surface area contributed by atoms with Gasteiger partial charge >= 0.3 is 6.18 Å². The third kappa shape index (κ3) is 3.74. The molecule has 0 aliphatic heterocycles. The van der Waals surface area contributed by atoms with E-state index in [2.05, 4.69) is 10.3 Å². The summed E-state index contributed by atoms with van der Waals surface area (Å²) in [6.45, 7) is 0.0975. The summed E-state index contributed by atoms with van der Waals surface area (Å²) in [5, 5.41) is 21.6. The lowest BCUT2D eigenvalue weighted by Crippen LogP contribution is -2.13. The average molecular weight is 307 g/mol. The Morgan fingerprint density at radius 3 is 2.50 bits per heavy atom. The highest BCUT2D eigenvalue weighted by Gasteiger charge is 2.33. The number of anilines is 1. The zero-order chi connectivity index (χ0) is 16.2. The number of hydrogen-bond acceptors (Lipinski definition) is 4. The third-order valence-electron chi connectivity index (χ3n) is 3.04. The maximum Gasteiger partial charge on any atom is 0.417 e. The molecular formula is C15H12F3N3O. The molecule has 4 nitrogen and oxygen atoms in total. The topological polar surface area (TPSA) is 68.9 Å². The number of alkyl halides is 3. The van der Waals surface area contributed by atoms with Gasteiger partial charge in [0.2, 0.25) is 0 Å². The normalized spacial score (nSPS) is 12.5. The van der Waals surface area contributed by atoms with Crippen molar-refractivity contribution in [1.82, 2.24) is 4.98 Å². The van der Waals surface area contributed by atoms with Crippen molar-refractivity contribution in [3.8, 4) is 6.07 Å². The van der Waals surface area contributed by atoms with Crippen LogP contribution in [-0.2, 0) is 6.18 Å². The number of benzene rings is 1. The lowest BCUT2D eigenvalue weighted by Gasteiger charge is -2.14. The largest absolute Gasteiger partial charge is 0.417 e. The number of nitrogens with zero attached hydrogens (tertiary/aromatic N) is 2. The van der Waals surface area contributed by atoms with Gasteiger partial charge in [0.25, 0.3) is 0 Å². The summed E-state index contributed by atoms with van der Waals surface area (Å²) < 4.78 is 38.1. The summed E-state index contributed by atoms with van der Waals surface area (Å²) >= 11 is 0. The van der Waals surface area contributed by atoms with Crippen molar-refractivity contribution >= 4 is 5.69 Å². The Kier molecular flexibility index (Phi) is 4.63. The SMILES string of the molecule is N#Cc1cc(NC[C@@H](O)c2ccncc2)ccc1C(F)(F)F. The van der Waals surface area contributed by atoms with E-state index >= 15 is 0 Å². The Labute approximate surface area is 124 Å². The number of aliphatic hydroxyl groups excluding tert-OH is 1. The zero-order valence-electron chi connectivity index (χ0n) is 11.3.